The average molecular weight is 282 g/mol. The summed E-state index contributed by atoms with van der Waals surface area (Å²) in [6.45, 7) is 4.18. The van der Waals surface area contributed by atoms with Crippen molar-refractivity contribution in [1.29, 1.82) is 0 Å². The summed E-state index contributed by atoms with van der Waals surface area (Å²) in [7, 11) is -3.31. The number of hydrogen-bond acceptors (Lipinski definition) is 2. The van der Waals surface area contributed by atoms with Crippen LogP contribution in [-0.4, -0.2) is 36.7 Å². The second-order valence-corrected chi connectivity index (χ2v) is 6.81. The summed E-state index contributed by atoms with van der Waals surface area (Å²) < 4.78 is 28.3. The summed E-state index contributed by atoms with van der Waals surface area (Å²) >= 11 is 0. The van der Waals surface area contributed by atoms with E-state index in [1.165, 1.54) is 0 Å². The minimum Gasteiger partial charge on any atom is -0.195 e. The van der Waals surface area contributed by atoms with E-state index in [1.54, 1.807) is 8.61 Å². The zero-order valence-corrected chi connectivity index (χ0v) is 12.3. The molecule has 0 bridgehead atoms. The Bertz CT molecular complexity index is 481. The van der Waals surface area contributed by atoms with E-state index < -0.39 is 10.2 Å². The summed E-state index contributed by atoms with van der Waals surface area (Å²) in [6.07, 6.45) is 3.08. The highest BCUT2D eigenvalue weighted by Gasteiger charge is 2.29. The minimum absolute atomic E-state index is 0.455. The van der Waals surface area contributed by atoms with Gasteiger partial charge in [0.1, 0.15) is 0 Å². The predicted molar refractivity (Wildman–Crippen MR) is 76.9 cm³/mol. The number of hydrogen-bond donors (Lipinski definition) is 0. The van der Waals surface area contributed by atoms with Gasteiger partial charge in [-0.3, -0.25) is 0 Å². The molecule has 0 amide bonds. The zero-order chi connectivity index (χ0) is 13.7. The third kappa shape index (κ3) is 3.55. The molecular weight excluding hydrogens is 260 g/mol. The summed E-state index contributed by atoms with van der Waals surface area (Å²) in [5.74, 6) is 0. The van der Waals surface area contributed by atoms with Gasteiger partial charge in [0.25, 0.3) is 10.2 Å². The molecule has 4 nitrogen and oxygen atoms in total. The number of nitrogens with zero attached hydrogens (tertiary/aromatic N) is 2. The molecule has 0 spiro atoms. The van der Waals surface area contributed by atoms with Gasteiger partial charge in [0, 0.05) is 26.2 Å². The Morgan fingerprint density at radius 2 is 1.74 bits per heavy atom. The van der Waals surface area contributed by atoms with Crippen molar-refractivity contribution in [3.8, 4) is 0 Å². The van der Waals surface area contributed by atoms with Gasteiger partial charge in [-0.2, -0.15) is 17.0 Å². The summed E-state index contributed by atoms with van der Waals surface area (Å²) in [5, 5.41) is 0. The van der Waals surface area contributed by atoms with Crippen molar-refractivity contribution < 1.29 is 8.42 Å². The molecule has 1 aliphatic rings. The first kappa shape index (κ1) is 14.5. The van der Waals surface area contributed by atoms with Gasteiger partial charge in [-0.15, -0.1) is 0 Å². The lowest BCUT2D eigenvalue weighted by Crippen LogP contribution is -2.45. The molecule has 0 aromatic heterocycles. The fourth-order valence-electron chi connectivity index (χ4n) is 2.40. The van der Waals surface area contributed by atoms with E-state index in [1.807, 2.05) is 37.3 Å². The summed E-state index contributed by atoms with van der Waals surface area (Å²) in [6, 6.07) is 9.76. The van der Waals surface area contributed by atoms with Gasteiger partial charge in [-0.05, 0) is 18.4 Å². The molecule has 1 aromatic carbocycles. The molecule has 0 radical (unpaired) electrons. The Hall–Kier alpha value is -0.910. The monoisotopic (exact) mass is 282 g/mol. The molecule has 1 aliphatic heterocycles. The molecule has 0 aliphatic carbocycles. The van der Waals surface area contributed by atoms with E-state index in [4.69, 9.17) is 0 Å². The minimum atomic E-state index is -3.31. The third-order valence-corrected chi connectivity index (χ3v) is 5.58. The molecule has 0 saturated carbocycles. The molecule has 5 heteroatoms. The van der Waals surface area contributed by atoms with Gasteiger partial charge >= 0.3 is 0 Å². The lowest BCUT2D eigenvalue weighted by Gasteiger charge is -2.31. The van der Waals surface area contributed by atoms with Gasteiger partial charge in [-0.25, -0.2) is 0 Å². The fraction of sp³-hybridized carbons (Fsp3) is 0.571. The molecular formula is C14H22N2O2S. The normalized spacial score (nSPS) is 17.8. The van der Waals surface area contributed by atoms with Crippen molar-refractivity contribution in [3.63, 3.8) is 0 Å². The Kier molecular flexibility index (Phi) is 4.96. The van der Waals surface area contributed by atoms with Crippen molar-refractivity contribution in [3.05, 3.63) is 35.9 Å². The lowest BCUT2D eigenvalue weighted by molar-refractivity contribution is 0.303. The highest BCUT2D eigenvalue weighted by Crippen LogP contribution is 2.18. The highest BCUT2D eigenvalue weighted by atomic mass is 32.2. The Labute approximate surface area is 116 Å². The molecule has 0 unspecified atom stereocenters. The van der Waals surface area contributed by atoms with Gasteiger partial charge in [0.15, 0.2) is 0 Å². The second-order valence-electron chi connectivity index (χ2n) is 4.88. The predicted octanol–water partition coefficient (Wildman–Crippen LogP) is 2.24. The smallest absolute Gasteiger partial charge is 0.195 e. The van der Waals surface area contributed by atoms with Crippen LogP contribution >= 0.6 is 0 Å². The largest absolute Gasteiger partial charge is 0.282 e. The first-order valence-corrected chi connectivity index (χ1v) is 8.33. The van der Waals surface area contributed by atoms with Crippen LogP contribution in [0.5, 0.6) is 0 Å². The van der Waals surface area contributed by atoms with Crippen LogP contribution in [0.1, 0.15) is 31.7 Å². The van der Waals surface area contributed by atoms with Crippen molar-refractivity contribution in [2.24, 2.45) is 0 Å². The number of piperidine rings is 1. The topological polar surface area (TPSA) is 40.6 Å². The van der Waals surface area contributed by atoms with Crippen molar-refractivity contribution in [2.75, 3.05) is 19.6 Å². The van der Waals surface area contributed by atoms with E-state index in [9.17, 15) is 8.42 Å². The molecule has 1 aromatic rings. The standard InChI is InChI=1S/C14H22N2O2S/c1-2-15(13-14-9-5-3-6-10-14)19(17,18)16-11-7-4-8-12-16/h3,5-6,9-10H,2,4,7-8,11-13H2,1H3. The van der Waals surface area contributed by atoms with Crippen LogP contribution in [0, 0.1) is 0 Å². The maximum atomic E-state index is 12.6. The maximum Gasteiger partial charge on any atom is 0.282 e. The van der Waals surface area contributed by atoms with Gasteiger partial charge in [0.2, 0.25) is 0 Å². The van der Waals surface area contributed by atoms with Crippen LogP contribution < -0.4 is 0 Å². The van der Waals surface area contributed by atoms with Crippen LogP contribution in [0.15, 0.2) is 30.3 Å². The lowest BCUT2D eigenvalue weighted by atomic mass is 10.2. The van der Waals surface area contributed by atoms with Gasteiger partial charge in [0.05, 0.1) is 0 Å². The molecule has 106 valence electrons. The molecule has 19 heavy (non-hydrogen) atoms. The Morgan fingerprint density at radius 3 is 2.32 bits per heavy atom. The van der Waals surface area contributed by atoms with E-state index in [-0.39, 0.29) is 0 Å². The van der Waals surface area contributed by atoms with Crippen LogP contribution in [0.25, 0.3) is 0 Å². The fourth-order valence-corrected chi connectivity index (χ4v) is 4.09. The molecule has 2 rings (SSSR count). The molecule has 0 atom stereocenters. The first-order valence-electron chi connectivity index (χ1n) is 6.93. The SMILES string of the molecule is CCN(Cc1ccccc1)S(=O)(=O)N1CCCCC1. The molecule has 1 heterocycles. The first-order chi connectivity index (χ1) is 9.14. The summed E-state index contributed by atoms with van der Waals surface area (Å²) in [4.78, 5) is 0. The molecule has 0 N–H and O–H groups in total. The average Bonchev–Trinajstić information content (AvgIpc) is 2.46. The number of benzene rings is 1. The zero-order valence-electron chi connectivity index (χ0n) is 11.5. The van der Waals surface area contributed by atoms with Crippen molar-refractivity contribution >= 4 is 10.2 Å². The Balaban J connectivity index is 2.11. The van der Waals surface area contributed by atoms with Crippen LogP contribution in [-0.2, 0) is 16.8 Å². The van der Waals surface area contributed by atoms with Crippen LogP contribution in [0.2, 0.25) is 0 Å². The van der Waals surface area contributed by atoms with Crippen LogP contribution in [0.4, 0.5) is 0 Å². The van der Waals surface area contributed by atoms with E-state index in [2.05, 4.69) is 0 Å². The van der Waals surface area contributed by atoms with Crippen molar-refractivity contribution in [1.82, 2.24) is 8.61 Å². The van der Waals surface area contributed by atoms with E-state index in [0.717, 1.165) is 24.8 Å². The van der Waals surface area contributed by atoms with Gasteiger partial charge < -0.3 is 0 Å². The Morgan fingerprint density at radius 1 is 1.11 bits per heavy atom. The number of rotatable bonds is 5. The van der Waals surface area contributed by atoms with E-state index >= 15 is 0 Å². The molecule has 1 saturated heterocycles. The maximum absolute atomic E-state index is 12.6. The van der Waals surface area contributed by atoms with Crippen molar-refractivity contribution in [2.45, 2.75) is 32.7 Å². The highest BCUT2D eigenvalue weighted by molar-refractivity contribution is 7.86. The quantitative estimate of drug-likeness (QED) is 0.831. The molecule has 1 fully saturated rings. The summed E-state index contributed by atoms with van der Waals surface area (Å²) in [5.41, 5.74) is 1.03. The van der Waals surface area contributed by atoms with E-state index in [0.29, 0.717) is 26.2 Å². The second kappa shape index (κ2) is 6.50. The van der Waals surface area contributed by atoms with Crippen LogP contribution in [0.3, 0.4) is 0 Å². The van der Waals surface area contributed by atoms with Gasteiger partial charge in [-0.1, -0.05) is 43.7 Å². The third-order valence-electron chi connectivity index (χ3n) is 3.52.